The molecule has 94 valence electrons. The summed E-state index contributed by atoms with van der Waals surface area (Å²) < 4.78 is 7.32. The molecule has 2 aromatic rings. The number of aryl methyl sites for hydroxylation is 1. The van der Waals surface area contributed by atoms with Crippen LogP contribution in [0.5, 0.6) is 0 Å². The first kappa shape index (κ1) is 11.6. The minimum absolute atomic E-state index is 0.542. The molecule has 0 atom stereocenters. The van der Waals surface area contributed by atoms with Crippen LogP contribution in [0.2, 0.25) is 5.02 Å². The van der Waals surface area contributed by atoms with Gasteiger partial charge in [-0.15, -0.1) is 0 Å². The van der Waals surface area contributed by atoms with Gasteiger partial charge >= 0.3 is 0 Å². The molecule has 2 N–H and O–H groups in total. The average Bonchev–Trinajstić information content (AvgIpc) is 2.71. The first-order valence-corrected chi connectivity index (χ1v) is 6.25. The van der Waals surface area contributed by atoms with E-state index in [0.29, 0.717) is 24.1 Å². The number of hydrogen-bond acceptors (Lipinski definition) is 3. The highest BCUT2D eigenvalue weighted by Crippen LogP contribution is 2.27. The number of fused-ring (bicyclic) bond motifs is 1. The summed E-state index contributed by atoms with van der Waals surface area (Å²) in [5.74, 6) is 0.545. The number of anilines is 1. The Bertz CT molecular complexity index is 607. The molecule has 0 saturated carbocycles. The maximum absolute atomic E-state index is 6.06. The fourth-order valence-corrected chi connectivity index (χ4v) is 2.44. The zero-order valence-electron chi connectivity index (χ0n) is 10.1. The van der Waals surface area contributed by atoms with E-state index < -0.39 is 0 Å². The van der Waals surface area contributed by atoms with E-state index in [0.717, 1.165) is 28.9 Å². The van der Waals surface area contributed by atoms with Crippen LogP contribution in [0.1, 0.15) is 16.8 Å². The molecule has 0 spiro atoms. The molecule has 0 amide bonds. The first-order valence-electron chi connectivity index (χ1n) is 5.87. The summed E-state index contributed by atoms with van der Waals surface area (Å²) >= 11 is 6.06. The number of hydrogen-bond donors (Lipinski definition) is 1. The van der Waals surface area contributed by atoms with Gasteiger partial charge in [-0.2, -0.15) is 5.10 Å². The van der Waals surface area contributed by atoms with Gasteiger partial charge in [0.1, 0.15) is 0 Å². The van der Waals surface area contributed by atoms with Crippen molar-refractivity contribution in [1.29, 1.82) is 0 Å². The Labute approximate surface area is 110 Å². The molecule has 1 aliphatic heterocycles. The molecule has 1 aliphatic rings. The molecule has 0 saturated heterocycles. The SMILES string of the molecule is Cc1ccc(Cl)cc1-n1nc(N)c2c1CCOC2. The van der Waals surface area contributed by atoms with E-state index in [2.05, 4.69) is 5.10 Å². The van der Waals surface area contributed by atoms with Gasteiger partial charge in [-0.25, -0.2) is 4.68 Å². The van der Waals surface area contributed by atoms with Crippen LogP contribution in [0.4, 0.5) is 5.82 Å². The van der Waals surface area contributed by atoms with Crippen LogP contribution < -0.4 is 5.73 Å². The Morgan fingerprint density at radius 3 is 3.11 bits per heavy atom. The predicted octanol–water partition coefficient (Wildman–Crippen LogP) is 2.49. The summed E-state index contributed by atoms with van der Waals surface area (Å²) in [5, 5.41) is 5.12. The minimum Gasteiger partial charge on any atom is -0.382 e. The summed E-state index contributed by atoms with van der Waals surface area (Å²) in [7, 11) is 0. The van der Waals surface area contributed by atoms with Crippen LogP contribution in [-0.2, 0) is 17.8 Å². The van der Waals surface area contributed by atoms with Crippen molar-refractivity contribution in [1.82, 2.24) is 9.78 Å². The van der Waals surface area contributed by atoms with Gasteiger partial charge in [0.2, 0.25) is 0 Å². The van der Waals surface area contributed by atoms with Gasteiger partial charge in [-0.1, -0.05) is 17.7 Å². The molecule has 1 aromatic heterocycles. The van der Waals surface area contributed by atoms with Crippen molar-refractivity contribution in [2.75, 3.05) is 12.3 Å². The number of ether oxygens (including phenoxy) is 1. The Balaban J connectivity index is 2.20. The Kier molecular flexibility index (Phi) is 2.76. The summed E-state index contributed by atoms with van der Waals surface area (Å²) in [5.41, 5.74) is 10.2. The summed E-state index contributed by atoms with van der Waals surface area (Å²) in [6.07, 6.45) is 0.825. The molecule has 0 fully saturated rings. The van der Waals surface area contributed by atoms with Crippen molar-refractivity contribution in [3.8, 4) is 5.69 Å². The van der Waals surface area contributed by atoms with Gasteiger partial charge in [-0.05, 0) is 24.6 Å². The van der Waals surface area contributed by atoms with E-state index in [4.69, 9.17) is 22.1 Å². The third-order valence-corrected chi connectivity index (χ3v) is 3.49. The lowest BCUT2D eigenvalue weighted by molar-refractivity contribution is 0.110. The number of rotatable bonds is 1. The van der Waals surface area contributed by atoms with Crippen molar-refractivity contribution >= 4 is 17.4 Å². The topological polar surface area (TPSA) is 53.1 Å². The van der Waals surface area contributed by atoms with Crippen molar-refractivity contribution in [3.63, 3.8) is 0 Å². The van der Waals surface area contributed by atoms with E-state index in [9.17, 15) is 0 Å². The summed E-state index contributed by atoms with van der Waals surface area (Å²) in [4.78, 5) is 0. The maximum Gasteiger partial charge on any atom is 0.151 e. The summed E-state index contributed by atoms with van der Waals surface area (Å²) in [6, 6.07) is 5.78. The molecule has 0 unspecified atom stereocenters. The number of nitrogen functional groups attached to an aromatic ring is 1. The van der Waals surface area contributed by atoms with Gasteiger partial charge in [0.05, 0.1) is 24.6 Å². The zero-order valence-corrected chi connectivity index (χ0v) is 10.9. The van der Waals surface area contributed by atoms with Crippen LogP contribution in [0.15, 0.2) is 18.2 Å². The lowest BCUT2D eigenvalue weighted by Crippen LogP contribution is -2.13. The van der Waals surface area contributed by atoms with E-state index >= 15 is 0 Å². The van der Waals surface area contributed by atoms with Crippen molar-refractivity contribution in [2.24, 2.45) is 0 Å². The second kappa shape index (κ2) is 4.30. The molecule has 18 heavy (non-hydrogen) atoms. The standard InChI is InChI=1S/C13H14ClN3O/c1-8-2-3-9(14)6-12(8)17-11-4-5-18-7-10(11)13(15)16-17/h2-3,6H,4-5,7H2,1H3,(H2,15,16). The highest BCUT2D eigenvalue weighted by molar-refractivity contribution is 6.30. The molecule has 0 bridgehead atoms. The largest absolute Gasteiger partial charge is 0.382 e. The zero-order chi connectivity index (χ0) is 12.7. The maximum atomic E-state index is 6.06. The van der Waals surface area contributed by atoms with Gasteiger partial charge in [0.15, 0.2) is 5.82 Å². The van der Waals surface area contributed by atoms with Gasteiger partial charge in [0, 0.05) is 17.0 Å². The molecule has 3 rings (SSSR count). The molecular weight excluding hydrogens is 250 g/mol. The lowest BCUT2D eigenvalue weighted by Gasteiger charge is -2.15. The fraction of sp³-hybridized carbons (Fsp3) is 0.308. The normalized spacial score (nSPS) is 14.6. The molecule has 1 aromatic carbocycles. The fourth-order valence-electron chi connectivity index (χ4n) is 2.27. The predicted molar refractivity (Wildman–Crippen MR) is 71.1 cm³/mol. The second-order valence-corrected chi connectivity index (χ2v) is 4.89. The highest BCUT2D eigenvalue weighted by Gasteiger charge is 2.21. The smallest absolute Gasteiger partial charge is 0.151 e. The number of benzene rings is 1. The molecule has 2 heterocycles. The van der Waals surface area contributed by atoms with E-state index in [1.807, 2.05) is 29.8 Å². The van der Waals surface area contributed by atoms with E-state index in [1.165, 1.54) is 0 Å². The monoisotopic (exact) mass is 263 g/mol. The number of aromatic nitrogens is 2. The molecule has 0 aliphatic carbocycles. The van der Waals surface area contributed by atoms with Crippen LogP contribution >= 0.6 is 11.6 Å². The van der Waals surface area contributed by atoms with Gasteiger partial charge in [-0.3, -0.25) is 0 Å². The van der Waals surface area contributed by atoms with Crippen LogP contribution in [-0.4, -0.2) is 16.4 Å². The number of nitrogens with zero attached hydrogens (tertiary/aromatic N) is 2. The second-order valence-electron chi connectivity index (χ2n) is 4.46. The lowest BCUT2D eigenvalue weighted by atomic mass is 10.1. The number of nitrogens with two attached hydrogens (primary N) is 1. The van der Waals surface area contributed by atoms with E-state index in [-0.39, 0.29) is 0 Å². The Morgan fingerprint density at radius 1 is 1.44 bits per heavy atom. The first-order chi connectivity index (χ1) is 8.66. The van der Waals surface area contributed by atoms with Crippen molar-refractivity contribution < 1.29 is 4.74 Å². The molecule has 4 nitrogen and oxygen atoms in total. The van der Waals surface area contributed by atoms with Gasteiger partial charge in [0.25, 0.3) is 0 Å². The molecule has 5 heteroatoms. The van der Waals surface area contributed by atoms with Gasteiger partial charge < -0.3 is 10.5 Å². The minimum atomic E-state index is 0.542. The van der Waals surface area contributed by atoms with Crippen molar-refractivity contribution in [2.45, 2.75) is 20.0 Å². The quantitative estimate of drug-likeness (QED) is 0.860. The van der Waals surface area contributed by atoms with Crippen LogP contribution in [0, 0.1) is 6.92 Å². The Hall–Kier alpha value is -1.52. The van der Waals surface area contributed by atoms with Crippen LogP contribution in [0.3, 0.4) is 0 Å². The number of halogens is 1. The van der Waals surface area contributed by atoms with Crippen LogP contribution in [0.25, 0.3) is 5.69 Å². The summed E-state index contributed by atoms with van der Waals surface area (Å²) in [6.45, 7) is 3.29. The molecular formula is C13H14ClN3O. The third-order valence-electron chi connectivity index (χ3n) is 3.25. The average molecular weight is 264 g/mol. The highest BCUT2D eigenvalue weighted by atomic mass is 35.5. The molecule has 0 radical (unpaired) electrons. The Morgan fingerprint density at radius 2 is 2.28 bits per heavy atom. The van der Waals surface area contributed by atoms with E-state index in [1.54, 1.807) is 0 Å². The van der Waals surface area contributed by atoms with Crippen molar-refractivity contribution in [3.05, 3.63) is 40.0 Å². The third kappa shape index (κ3) is 1.78.